The van der Waals surface area contributed by atoms with E-state index in [0.29, 0.717) is 19.8 Å². The molecule has 0 bridgehead atoms. The van der Waals surface area contributed by atoms with Crippen molar-refractivity contribution in [1.82, 2.24) is 0 Å². The Kier molecular flexibility index (Phi) is 1.06. The van der Waals surface area contributed by atoms with Crippen LogP contribution in [0.1, 0.15) is 6.42 Å². The first-order valence-corrected chi connectivity index (χ1v) is 3.23. The maximum absolute atomic E-state index is 9.29. The van der Waals surface area contributed by atoms with E-state index in [1.54, 1.807) is 0 Å². The molecule has 0 aromatic rings. The SMILES string of the molecule is OC1CCOC12COC2. The third-order valence-corrected chi connectivity index (χ3v) is 2.08. The molecule has 9 heavy (non-hydrogen) atoms. The lowest BCUT2D eigenvalue weighted by molar-refractivity contribution is -0.216. The van der Waals surface area contributed by atoms with Gasteiger partial charge in [0.1, 0.15) is 5.60 Å². The van der Waals surface area contributed by atoms with Gasteiger partial charge in [-0.25, -0.2) is 0 Å². The number of aliphatic hydroxyl groups is 1. The molecule has 0 amide bonds. The van der Waals surface area contributed by atoms with Crippen LogP contribution >= 0.6 is 0 Å². The standard InChI is InChI=1S/C6H10O3/c7-5-1-2-9-6(5)3-8-4-6/h5,7H,1-4H2. The van der Waals surface area contributed by atoms with Crippen LogP contribution in [0.3, 0.4) is 0 Å². The van der Waals surface area contributed by atoms with Gasteiger partial charge in [0.15, 0.2) is 0 Å². The van der Waals surface area contributed by atoms with Crippen LogP contribution in [-0.2, 0) is 9.47 Å². The number of ether oxygens (including phenoxy) is 2. The van der Waals surface area contributed by atoms with Crippen molar-refractivity contribution < 1.29 is 14.6 Å². The van der Waals surface area contributed by atoms with E-state index in [4.69, 9.17) is 9.47 Å². The monoisotopic (exact) mass is 130 g/mol. The van der Waals surface area contributed by atoms with Crippen LogP contribution in [0.2, 0.25) is 0 Å². The quantitative estimate of drug-likeness (QED) is 0.482. The second-order valence-corrected chi connectivity index (χ2v) is 2.71. The Labute approximate surface area is 53.6 Å². The molecular weight excluding hydrogens is 120 g/mol. The molecular formula is C6H10O3. The van der Waals surface area contributed by atoms with Crippen molar-refractivity contribution in [3.05, 3.63) is 0 Å². The van der Waals surface area contributed by atoms with Gasteiger partial charge in [0.2, 0.25) is 0 Å². The number of hydrogen-bond acceptors (Lipinski definition) is 3. The van der Waals surface area contributed by atoms with Crippen LogP contribution in [0, 0.1) is 0 Å². The summed E-state index contributed by atoms with van der Waals surface area (Å²) in [5.41, 5.74) is -0.292. The van der Waals surface area contributed by atoms with Gasteiger partial charge in [-0.3, -0.25) is 0 Å². The predicted octanol–water partition coefficient (Wildman–Crippen LogP) is -0.463. The fraction of sp³-hybridized carbons (Fsp3) is 1.00. The second kappa shape index (κ2) is 1.68. The molecule has 2 aliphatic rings. The first-order valence-electron chi connectivity index (χ1n) is 3.23. The number of aliphatic hydroxyl groups excluding tert-OH is 1. The molecule has 1 spiro atoms. The molecule has 2 fully saturated rings. The van der Waals surface area contributed by atoms with E-state index in [2.05, 4.69) is 0 Å². The Hall–Kier alpha value is -0.120. The fourth-order valence-electron chi connectivity index (χ4n) is 1.31. The molecule has 3 nitrogen and oxygen atoms in total. The summed E-state index contributed by atoms with van der Waals surface area (Å²) in [5.74, 6) is 0. The summed E-state index contributed by atoms with van der Waals surface area (Å²) in [4.78, 5) is 0. The summed E-state index contributed by atoms with van der Waals surface area (Å²) < 4.78 is 10.3. The summed E-state index contributed by atoms with van der Waals surface area (Å²) >= 11 is 0. The summed E-state index contributed by atoms with van der Waals surface area (Å²) in [7, 11) is 0. The smallest absolute Gasteiger partial charge is 0.140 e. The Morgan fingerprint density at radius 1 is 1.44 bits per heavy atom. The molecule has 2 saturated heterocycles. The van der Waals surface area contributed by atoms with E-state index in [-0.39, 0.29) is 11.7 Å². The normalized spacial score (nSPS) is 39.0. The van der Waals surface area contributed by atoms with Gasteiger partial charge in [0, 0.05) is 0 Å². The topological polar surface area (TPSA) is 38.7 Å². The lowest BCUT2D eigenvalue weighted by Crippen LogP contribution is -2.56. The zero-order valence-electron chi connectivity index (χ0n) is 5.17. The van der Waals surface area contributed by atoms with Crippen molar-refractivity contribution in [3.8, 4) is 0 Å². The van der Waals surface area contributed by atoms with Gasteiger partial charge < -0.3 is 14.6 Å². The van der Waals surface area contributed by atoms with Gasteiger partial charge in [0.25, 0.3) is 0 Å². The third kappa shape index (κ3) is 0.625. The van der Waals surface area contributed by atoms with Crippen LogP contribution < -0.4 is 0 Å². The predicted molar refractivity (Wildman–Crippen MR) is 30.1 cm³/mol. The highest BCUT2D eigenvalue weighted by Gasteiger charge is 2.49. The molecule has 1 unspecified atom stereocenters. The van der Waals surface area contributed by atoms with Gasteiger partial charge in [-0.05, 0) is 6.42 Å². The largest absolute Gasteiger partial charge is 0.390 e. The zero-order chi connectivity index (χ0) is 6.32. The molecule has 0 radical (unpaired) electrons. The lowest BCUT2D eigenvalue weighted by atomic mass is 9.95. The van der Waals surface area contributed by atoms with Gasteiger partial charge in [-0.1, -0.05) is 0 Å². The lowest BCUT2D eigenvalue weighted by Gasteiger charge is -2.39. The molecule has 0 aromatic heterocycles. The Bertz CT molecular complexity index is 119. The highest BCUT2D eigenvalue weighted by molar-refractivity contribution is 4.97. The summed E-state index contributed by atoms with van der Waals surface area (Å²) in [6.45, 7) is 1.84. The highest BCUT2D eigenvalue weighted by Crippen LogP contribution is 2.32. The van der Waals surface area contributed by atoms with Crippen molar-refractivity contribution in [2.45, 2.75) is 18.1 Å². The van der Waals surface area contributed by atoms with E-state index in [1.807, 2.05) is 0 Å². The molecule has 0 aliphatic carbocycles. The van der Waals surface area contributed by atoms with E-state index < -0.39 is 0 Å². The molecule has 0 aromatic carbocycles. The number of rotatable bonds is 0. The summed E-state index contributed by atoms with van der Waals surface area (Å²) in [6.07, 6.45) is 0.481. The van der Waals surface area contributed by atoms with E-state index in [1.165, 1.54) is 0 Å². The molecule has 3 heteroatoms. The summed E-state index contributed by atoms with van der Waals surface area (Å²) in [5, 5.41) is 9.29. The van der Waals surface area contributed by atoms with Gasteiger partial charge in [-0.15, -0.1) is 0 Å². The van der Waals surface area contributed by atoms with Gasteiger partial charge in [0.05, 0.1) is 25.9 Å². The molecule has 2 heterocycles. The Balaban J connectivity index is 2.09. The average molecular weight is 130 g/mol. The van der Waals surface area contributed by atoms with Crippen molar-refractivity contribution in [3.63, 3.8) is 0 Å². The molecule has 2 aliphatic heterocycles. The van der Waals surface area contributed by atoms with Crippen molar-refractivity contribution in [2.24, 2.45) is 0 Å². The zero-order valence-corrected chi connectivity index (χ0v) is 5.17. The highest BCUT2D eigenvalue weighted by atomic mass is 16.6. The maximum atomic E-state index is 9.29. The second-order valence-electron chi connectivity index (χ2n) is 2.71. The van der Waals surface area contributed by atoms with Crippen LogP contribution in [0.15, 0.2) is 0 Å². The van der Waals surface area contributed by atoms with Crippen LogP contribution in [0.25, 0.3) is 0 Å². The Morgan fingerprint density at radius 3 is 2.44 bits per heavy atom. The molecule has 0 saturated carbocycles. The van der Waals surface area contributed by atoms with Crippen LogP contribution in [0.5, 0.6) is 0 Å². The van der Waals surface area contributed by atoms with Crippen LogP contribution in [-0.4, -0.2) is 36.6 Å². The first kappa shape index (κ1) is 5.65. The third-order valence-electron chi connectivity index (χ3n) is 2.08. The van der Waals surface area contributed by atoms with Crippen LogP contribution in [0.4, 0.5) is 0 Å². The van der Waals surface area contributed by atoms with Gasteiger partial charge in [-0.2, -0.15) is 0 Å². The first-order chi connectivity index (χ1) is 4.33. The average Bonchev–Trinajstić information content (AvgIpc) is 2.07. The maximum Gasteiger partial charge on any atom is 0.140 e. The van der Waals surface area contributed by atoms with Crippen molar-refractivity contribution in [1.29, 1.82) is 0 Å². The van der Waals surface area contributed by atoms with E-state index in [9.17, 15) is 5.11 Å². The van der Waals surface area contributed by atoms with Gasteiger partial charge >= 0.3 is 0 Å². The molecule has 2 rings (SSSR count). The van der Waals surface area contributed by atoms with E-state index >= 15 is 0 Å². The fourth-order valence-corrected chi connectivity index (χ4v) is 1.31. The van der Waals surface area contributed by atoms with E-state index in [0.717, 1.165) is 6.42 Å². The molecule has 1 atom stereocenters. The minimum absolute atomic E-state index is 0.286. The van der Waals surface area contributed by atoms with Crippen molar-refractivity contribution in [2.75, 3.05) is 19.8 Å². The minimum atomic E-state index is -0.292. The molecule has 52 valence electrons. The summed E-state index contributed by atoms with van der Waals surface area (Å²) in [6, 6.07) is 0. The van der Waals surface area contributed by atoms with Crippen molar-refractivity contribution >= 4 is 0 Å². The minimum Gasteiger partial charge on any atom is -0.390 e. The Morgan fingerprint density at radius 2 is 2.22 bits per heavy atom. The number of hydrogen-bond donors (Lipinski definition) is 1. The molecule has 1 N–H and O–H groups in total.